The van der Waals surface area contributed by atoms with Crippen LogP contribution < -0.4 is 25.8 Å². The lowest BCUT2D eigenvalue weighted by Crippen LogP contribution is -2.43. The summed E-state index contributed by atoms with van der Waals surface area (Å²) in [5.74, 6) is -0.708. The number of ether oxygens (including phenoxy) is 2. The van der Waals surface area contributed by atoms with Crippen molar-refractivity contribution in [1.82, 2.24) is 24.8 Å². The Hall–Kier alpha value is -5.20. The molecule has 8 rings (SSSR count). The monoisotopic (exact) mass is 685 g/mol. The summed E-state index contributed by atoms with van der Waals surface area (Å²) in [6.07, 6.45) is 4.53. The van der Waals surface area contributed by atoms with Gasteiger partial charge in [0.1, 0.15) is 58.3 Å². The van der Waals surface area contributed by atoms with Crippen molar-refractivity contribution in [1.29, 1.82) is 5.26 Å². The van der Waals surface area contributed by atoms with Gasteiger partial charge in [-0.05, 0) is 56.5 Å². The third-order valence-electron chi connectivity index (χ3n) is 9.84. The highest BCUT2D eigenvalue weighted by Gasteiger charge is 2.47. The van der Waals surface area contributed by atoms with Gasteiger partial charge >= 0.3 is 6.01 Å². The Morgan fingerprint density at radius 1 is 1.18 bits per heavy atom. The molecule has 3 aliphatic rings. The van der Waals surface area contributed by atoms with Gasteiger partial charge in [0.15, 0.2) is 5.82 Å². The molecule has 0 spiro atoms. The van der Waals surface area contributed by atoms with Gasteiger partial charge in [0, 0.05) is 29.3 Å². The number of pyridine rings is 2. The Morgan fingerprint density at radius 2 is 2.04 bits per heavy atom. The number of halogens is 3. The molecule has 1 unspecified atom stereocenters. The Bertz CT molecular complexity index is 2240. The highest BCUT2D eigenvalue weighted by molar-refractivity contribution is 7.23. The first kappa shape index (κ1) is 31.1. The topological polar surface area (TPSA) is 152 Å². The van der Waals surface area contributed by atoms with Crippen LogP contribution in [-0.4, -0.2) is 63.2 Å². The number of rotatable bonds is 6. The maximum atomic E-state index is 17.1. The van der Waals surface area contributed by atoms with Crippen LogP contribution >= 0.6 is 11.3 Å². The number of nitrogens with two attached hydrogens (primary N) is 2. The third kappa shape index (κ3) is 4.88. The first-order chi connectivity index (χ1) is 23.7. The van der Waals surface area contributed by atoms with Crippen molar-refractivity contribution in [2.45, 2.75) is 37.8 Å². The minimum absolute atomic E-state index is 0.0303. The van der Waals surface area contributed by atoms with Crippen LogP contribution in [0.25, 0.3) is 32.2 Å². The highest BCUT2D eigenvalue weighted by atomic mass is 32.1. The van der Waals surface area contributed by atoms with Crippen LogP contribution in [0.15, 0.2) is 42.4 Å². The van der Waals surface area contributed by atoms with E-state index in [9.17, 15) is 14.0 Å². The van der Waals surface area contributed by atoms with Gasteiger partial charge in [0.05, 0.1) is 34.7 Å². The van der Waals surface area contributed by atoms with Crippen LogP contribution in [0.5, 0.6) is 11.9 Å². The molecule has 11 nitrogen and oxygen atoms in total. The average Bonchev–Trinajstić information content (AvgIpc) is 3.72. The molecule has 5 aromatic rings. The number of aromatic nitrogens is 4. The van der Waals surface area contributed by atoms with Crippen LogP contribution in [0, 0.1) is 23.0 Å². The lowest BCUT2D eigenvalue weighted by atomic mass is 9.94. The molecule has 49 heavy (non-hydrogen) atoms. The fourth-order valence-electron chi connectivity index (χ4n) is 7.48. The molecule has 0 bridgehead atoms. The molecule has 0 aliphatic carbocycles. The molecule has 7 heterocycles. The number of hydrogen-bond acceptors (Lipinski definition) is 12. The number of hydrogen-bond donors (Lipinski definition) is 2. The van der Waals surface area contributed by atoms with Gasteiger partial charge in [-0.2, -0.15) is 15.2 Å². The highest BCUT2D eigenvalue weighted by Crippen LogP contribution is 2.46. The minimum atomic E-state index is -0.836. The molecule has 4 aromatic heterocycles. The van der Waals surface area contributed by atoms with Crippen molar-refractivity contribution in [3.63, 3.8) is 0 Å². The molecule has 15 heteroatoms. The Kier molecular flexibility index (Phi) is 7.45. The summed E-state index contributed by atoms with van der Waals surface area (Å²) >= 11 is 0.907. The van der Waals surface area contributed by atoms with E-state index in [-0.39, 0.29) is 74.0 Å². The molecule has 2 saturated heterocycles. The normalized spacial score (nSPS) is 20.4. The van der Waals surface area contributed by atoms with Crippen molar-refractivity contribution >= 4 is 49.0 Å². The predicted octanol–water partition coefficient (Wildman–Crippen LogP) is 6.05. The van der Waals surface area contributed by atoms with Crippen molar-refractivity contribution in [3.8, 4) is 29.2 Å². The summed E-state index contributed by atoms with van der Waals surface area (Å²) in [6, 6.07) is 7.77. The van der Waals surface area contributed by atoms with Gasteiger partial charge < -0.3 is 25.8 Å². The van der Waals surface area contributed by atoms with E-state index >= 15 is 4.39 Å². The molecule has 2 fully saturated rings. The lowest BCUT2D eigenvalue weighted by molar-refractivity contribution is 0.108. The number of thiophene rings is 1. The molecule has 3 aliphatic heterocycles. The van der Waals surface area contributed by atoms with Gasteiger partial charge in [0.2, 0.25) is 5.88 Å². The number of nitrogen functional groups attached to an aromatic ring is 2. The maximum Gasteiger partial charge on any atom is 0.319 e. The molecular formula is C34H30F3N9O2S. The number of benzene rings is 1. The zero-order chi connectivity index (χ0) is 34.0. The summed E-state index contributed by atoms with van der Waals surface area (Å²) in [7, 11) is 0. The first-order valence-corrected chi connectivity index (χ1v) is 16.6. The molecule has 1 aromatic carbocycles. The largest absolute Gasteiger partial charge is 0.475 e. The predicted molar refractivity (Wildman–Crippen MR) is 180 cm³/mol. The average molecular weight is 686 g/mol. The first-order valence-electron chi connectivity index (χ1n) is 15.8. The third-order valence-corrected chi connectivity index (χ3v) is 10.9. The van der Waals surface area contributed by atoms with Gasteiger partial charge in [-0.3, -0.25) is 4.90 Å². The zero-order valence-electron chi connectivity index (χ0n) is 26.3. The molecule has 4 N–H and O–H groups in total. The lowest BCUT2D eigenvalue weighted by Gasteiger charge is -2.32. The van der Waals surface area contributed by atoms with E-state index in [1.807, 2.05) is 24.0 Å². The van der Waals surface area contributed by atoms with Crippen molar-refractivity contribution in [3.05, 3.63) is 65.1 Å². The van der Waals surface area contributed by atoms with Crippen LogP contribution in [-0.2, 0) is 0 Å². The van der Waals surface area contributed by atoms with Crippen LogP contribution in [0.4, 0.5) is 29.8 Å². The van der Waals surface area contributed by atoms with Gasteiger partial charge in [0.25, 0.3) is 0 Å². The second-order valence-electron chi connectivity index (χ2n) is 12.6. The quantitative estimate of drug-likeness (QED) is 0.215. The minimum Gasteiger partial charge on any atom is -0.475 e. The van der Waals surface area contributed by atoms with E-state index in [2.05, 4.69) is 19.9 Å². The second kappa shape index (κ2) is 11.7. The summed E-state index contributed by atoms with van der Waals surface area (Å²) in [6.45, 7) is 3.91. The number of nitrogens with zero attached hydrogens (tertiary/aromatic N) is 7. The van der Waals surface area contributed by atoms with E-state index in [0.717, 1.165) is 36.3 Å². The Labute approximate surface area is 282 Å². The van der Waals surface area contributed by atoms with Crippen LogP contribution in [0.3, 0.4) is 0 Å². The van der Waals surface area contributed by atoms with E-state index in [4.69, 9.17) is 25.9 Å². The molecule has 250 valence electrons. The van der Waals surface area contributed by atoms with Crippen LogP contribution in [0.1, 0.15) is 43.4 Å². The van der Waals surface area contributed by atoms with Crippen molar-refractivity contribution in [2.24, 2.45) is 0 Å². The summed E-state index contributed by atoms with van der Waals surface area (Å²) in [4.78, 5) is 22.4. The number of fused-ring (bicyclic) bond motifs is 2. The van der Waals surface area contributed by atoms with Gasteiger partial charge in [-0.15, -0.1) is 11.3 Å². The van der Waals surface area contributed by atoms with E-state index < -0.39 is 17.2 Å². The van der Waals surface area contributed by atoms with Crippen molar-refractivity contribution in [2.75, 3.05) is 49.2 Å². The van der Waals surface area contributed by atoms with E-state index in [1.54, 1.807) is 12.3 Å². The number of anilines is 3. The summed E-state index contributed by atoms with van der Waals surface area (Å²) in [5, 5.41) is 10.4. The standard InChI is InChI=1S/C34H30F3N9O2S/c1-17(19-4-2-8-41-29(19)39)46-10-11-47-32-24-27(25(37)26(42-32)20-5-6-22(36)28-23(20)21(14-38)30(40)49-28)43-33(44-31(24)46)48-16-34-7-3-9-45(34)15-18(12-34)13-35/h2,4-6,8,13,17H,3,7,9-12,15-16,40H2,1H3,(H2,39,41)/t17-,34?/m1/s1. The van der Waals surface area contributed by atoms with Crippen LogP contribution in [0.2, 0.25) is 0 Å². The summed E-state index contributed by atoms with van der Waals surface area (Å²) < 4.78 is 58.2. The van der Waals surface area contributed by atoms with E-state index in [0.29, 0.717) is 43.0 Å². The van der Waals surface area contributed by atoms with Gasteiger partial charge in [-0.25, -0.2) is 23.1 Å². The Balaban J connectivity index is 1.32. The SMILES string of the molecule is C[C@H](c1cccnc1N)N1CCOc2nc(-c3ccc(F)c4sc(N)c(C#N)c34)c(F)c3nc(OCC45CCCN4CC(=CF)C5)nc1c23. The molecule has 0 amide bonds. The smallest absolute Gasteiger partial charge is 0.319 e. The Morgan fingerprint density at radius 3 is 2.84 bits per heavy atom. The molecule has 2 atom stereocenters. The zero-order valence-corrected chi connectivity index (χ0v) is 27.2. The molecular weight excluding hydrogens is 655 g/mol. The van der Waals surface area contributed by atoms with Crippen molar-refractivity contribution < 1.29 is 22.6 Å². The van der Waals surface area contributed by atoms with E-state index in [1.165, 1.54) is 12.1 Å². The fraction of sp³-hybridized carbons (Fsp3) is 0.324. The van der Waals surface area contributed by atoms with Gasteiger partial charge in [-0.1, -0.05) is 6.07 Å². The molecule has 0 saturated carbocycles. The molecule has 0 radical (unpaired) electrons. The fourth-order valence-corrected chi connectivity index (χ4v) is 8.43. The maximum absolute atomic E-state index is 17.1. The number of nitriles is 1. The second-order valence-corrected chi connectivity index (χ2v) is 13.6. The summed E-state index contributed by atoms with van der Waals surface area (Å²) in [5.41, 5.74) is 13.2.